The summed E-state index contributed by atoms with van der Waals surface area (Å²) in [7, 11) is 0. The maximum absolute atomic E-state index is 11.9. The first-order chi connectivity index (χ1) is 7.98. The zero-order valence-electron chi connectivity index (χ0n) is 10.3. The molecule has 0 radical (unpaired) electrons. The van der Waals surface area contributed by atoms with Crippen molar-refractivity contribution in [2.75, 3.05) is 6.54 Å². The van der Waals surface area contributed by atoms with Crippen molar-refractivity contribution in [1.82, 2.24) is 10.2 Å². The molecule has 0 bridgehead atoms. The summed E-state index contributed by atoms with van der Waals surface area (Å²) in [6, 6.07) is 0.160. The van der Waals surface area contributed by atoms with Crippen molar-refractivity contribution in [3.8, 4) is 0 Å². The highest BCUT2D eigenvalue weighted by Gasteiger charge is 2.51. The minimum Gasteiger partial charge on any atom is -0.339 e. The first-order valence-electron chi connectivity index (χ1n) is 6.12. The van der Waals surface area contributed by atoms with Crippen LogP contribution in [0.4, 0.5) is 0 Å². The van der Waals surface area contributed by atoms with Gasteiger partial charge in [-0.1, -0.05) is 6.92 Å². The van der Waals surface area contributed by atoms with Gasteiger partial charge in [-0.15, -0.1) is 0 Å². The van der Waals surface area contributed by atoms with Crippen molar-refractivity contribution >= 4 is 17.7 Å². The van der Waals surface area contributed by atoms with Gasteiger partial charge in [-0.3, -0.25) is 19.7 Å². The molecule has 1 N–H and O–H groups in total. The molecule has 0 aromatic rings. The topological polar surface area (TPSA) is 66.5 Å². The summed E-state index contributed by atoms with van der Waals surface area (Å²) in [4.78, 5) is 36.8. The molecular formula is C12H18N2O3. The standard InChI is InChI=1S/C12H18N2O3/c1-3-8(2)14-7-12(6-10(14)16)5-4-9(15)13-11(12)17/h8H,3-7H2,1-2H3,(H,13,15,17). The lowest BCUT2D eigenvalue weighted by atomic mass is 9.79. The highest BCUT2D eigenvalue weighted by Crippen LogP contribution is 2.39. The molecular weight excluding hydrogens is 220 g/mol. The number of hydrogen-bond donors (Lipinski definition) is 1. The van der Waals surface area contributed by atoms with Gasteiger partial charge < -0.3 is 4.90 Å². The van der Waals surface area contributed by atoms with Gasteiger partial charge in [0.25, 0.3) is 0 Å². The normalized spacial score (nSPS) is 30.9. The fourth-order valence-corrected chi connectivity index (χ4v) is 2.59. The van der Waals surface area contributed by atoms with Crippen LogP contribution in [0.2, 0.25) is 0 Å². The van der Waals surface area contributed by atoms with Crippen LogP contribution < -0.4 is 5.32 Å². The van der Waals surface area contributed by atoms with Gasteiger partial charge in [-0.2, -0.15) is 0 Å². The molecule has 2 aliphatic heterocycles. The molecule has 3 amide bonds. The van der Waals surface area contributed by atoms with E-state index in [1.807, 2.05) is 13.8 Å². The van der Waals surface area contributed by atoms with E-state index in [1.165, 1.54) is 0 Å². The SMILES string of the molecule is CCC(C)N1CC2(CCC(=O)NC2=O)CC1=O. The number of hydrogen-bond acceptors (Lipinski definition) is 3. The van der Waals surface area contributed by atoms with Crippen LogP contribution in [0.15, 0.2) is 0 Å². The first kappa shape index (κ1) is 12.1. The van der Waals surface area contributed by atoms with Crippen molar-refractivity contribution < 1.29 is 14.4 Å². The first-order valence-corrected chi connectivity index (χ1v) is 6.12. The second kappa shape index (κ2) is 4.13. The molecule has 2 unspecified atom stereocenters. The summed E-state index contributed by atoms with van der Waals surface area (Å²) in [6.07, 6.45) is 1.96. The second-order valence-corrected chi connectivity index (χ2v) is 5.11. The number of rotatable bonds is 2. The van der Waals surface area contributed by atoms with Crippen LogP contribution in [0, 0.1) is 5.41 Å². The van der Waals surface area contributed by atoms with E-state index in [-0.39, 0.29) is 30.2 Å². The Morgan fingerprint density at radius 2 is 2.12 bits per heavy atom. The average molecular weight is 238 g/mol. The molecule has 0 aromatic carbocycles. The molecule has 2 heterocycles. The minimum atomic E-state index is -0.658. The number of imide groups is 1. The number of amides is 3. The Bertz CT molecular complexity index is 380. The summed E-state index contributed by atoms with van der Waals surface area (Å²) in [5.74, 6) is -0.466. The Morgan fingerprint density at radius 1 is 1.41 bits per heavy atom. The van der Waals surface area contributed by atoms with Crippen molar-refractivity contribution in [2.24, 2.45) is 5.41 Å². The molecule has 0 saturated carbocycles. The summed E-state index contributed by atoms with van der Waals surface area (Å²) in [5.41, 5.74) is -0.658. The lowest BCUT2D eigenvalue weighted by Crippen LogP contribution is -2.50. The zero-order valence-corrected chi connectivity index (χ0v) is 10.3. The van der Waals surface area contributed by atoms with E-state index in [0.717, 1.165) is 6.42 Å². The van der Waals surface area contributed by atoms with E-state index in [2.05, 4.69) is 5.32 Å². The molecule has 94 valence electrons. The van der Waals surface area contributed by atoms with E-state index in [9.17, 15) is 14.4 Å². The van der Waals surface area contributed by atoms with E-state index >= 15 is 0 Å². The van der Waals surface area contributed by atoms with Crippen LogP contribution in [0.25, 0.3) is 0 Å². The Kier molecular flexibility index (Phi) is 2.93. The Hall–Kier alpha value is -1.39. The van der Waals surface area contributed by atoms with Crippen molar-refractivity contribution in [2.45, 2.75) is 45.6 Å². The largest absolute Gasteiger partial charge is 0.339 e. The Labute approximate surface area is 101 Å². The predicted molar refractivity (Wildman–Crippen MR) is 60.9 cm³/mol. The number of nitrogens with zero attached hydrogens (tertiary/aromatic N) is 1. The third-order valence-electron chi connectivity index (χ3n) is 3.97. The summed E-state index contributed by atoms with van der Waals surface area (Å²) >= 11 is 0. The van der Waals surface area contributed by atoms with Crippen LogP contribution >= 0.6 is 0 Å². The number of nitrogens with one attached hydrogen (secondary N) is 1. The van der Waals surface area contributed by atoms with Gasteiger partial charge in [0, 0.05) is 25.4 Å². The molecule has 5 heteroatoms. The molecule has 1 spiro atoms. The summed E-state index contributed by atoms with van der Waals surface area (Å²) in [5, 5.41) is 2.35. The van der Waals surface area contributed by atoms with Gasteiger partial charge in [-0.25, -0.2) is 0 Å². The van der Waals surface area contributed by atoms with Crippen molar-refractivity contribution in [3.05, 3.63) is 0 Å². The Balaban J connectivity index is 2.17. The van der Waals surface area contributed by atoms with Gasteiger partial charge in [0.05, 0.1) is 5.41 Å². The maximum atomic E-state index is 11.9. The average Bonchev–Trinajstić information content (AvgIpc) is 2.62. The predicted octanol–water partition coefficient (Wildman–Crippen LogP) is 0.440. The third kappa shape index (κ3) is 1.94. The third-order valence-corrected chi connectivity index (χ3v) is 3.97. The lowest BCUT2D eigenvalue weighted by Gasteiger charge is -2.32. The zero-order chi connectivity index (χ0) is 12.6. The fraction of sp³-hybridized carbons (Fsp3) is 0.750. The molecule has 2 rings (SSSR count). The van der Waals surface area contributed by atoms with Crippen LogP contribution in [0.1, 0.15) is 39.5 Å². The molecule has 2 saturated heterocycles. The van der Waals surface area contributed by atoms with E-state index in [0.29, 0.717) is 19.4 Å². The molecule has 17 heavy (non-hydrogen) atoms. The van der Waals surface area contributed by atoms with Crippen LogP contribution in [-0.4, -0.2) is 35.2 Å². The number of carbonyl (C=O) groups is 3. The van der Waals surface area contributed by atoms with Crippen molar-refractivity contribution in [1.29, 1.82) is 0 Å². The molecule has 2 fully saturated rings. The van der Waals surface area contributed by atoms with Crippen molar-refractivity contribution in [3.63, 3.8) is 0 Å². The monoisotopic (exact) mass is 238 g/mol. The molecule has 5 nitrogen and oxygen atoms in total. The number of likely N-dealkylation sites (tertiary alicyclic amines) is 1. The van der Waals surface area contributed by atoms with Gasteiger partial charge in [0.15, 0.2) is 0 Å². The van der Waals surface area contributed by atoms with Gasteiger partial charge in [-0.05, 0) is 19.8 Å². The Morgan fingerprint density at radius 3 is 2.71 bits per heavy atom. The quantitative estimate of drug-likeness (QED) is 0.710. The highest BCUT2D eigenvalue weighted by molar-refractivity contribution is 6.03. The van der Waals surface area contributed by atoms with Crippen LogP contribution in [-0.2, 0) is 14.4 Å². The summed E-state index contributed by atoms with van der Waals surface area (Å²) in [6.45, 7) is 4.47. The van der Waals surface area contributed by atoms with E-state index in [1.54, 1.807) is 4.90 Å². The van der Waals surface area contributed by atoms with E-state index in [4.69, 9.17) is 0 Å². The minimum absolute atomic E-state index is 0.0313. The smallest absolute Gasteiger partial charge is 0.235 e. The molecule has 0 aliphatic carbocycles. The maximum Gasteiger partial charge on any atom is 0.235 e. The van der Waals surface area contributed by atoms with Gasteiger partial charge in [0.2, 0.25) is 17.7 Å². The van der Waals surface area contributed by atoms with E-state index < -0.39 is 5.41 Å². The van der Waals surface area contributed by atoms with Crippen LogP contribution in [0.3, 0.4) is 0 Å². The van der Waals surface area contributed by atoms with Gasteiger partial charge in [0.1, 0.15) is 0 Å². The van der Waals surface area contributed by atoms with Gasteiger partial charge >= 0.3 is 0 Å². The summed E-state index contributed by atoms with van der Waals surface area (Å²) < 4.78 is 0. The number of carbonyl (C=O) groups excluding carboxylic acids is 3. The van der Waals surface area contributed by atoms with Crippen LogP contribution in [0.5, 0.6) is 0 Å². The molecule has 0 aromatic heterocycles. The highest BCUT2D eigenvalue weighted by atomic mass is 16.2. The number of piperidine rings is 1. The molecule has 2 aliphatic rings. The molecule has 2 atom stereocenters. The second-order valence-electron chi connectivity index (χ2n) is 5.11. The lowest BCUT2D eigenvalue weighted by molar-refractivity contribution is -0.142. The fourth-order valence-electron chi connectivity index (χ4n) is 2.59.